The van der Waals surface area contributed by atoms with Gasteiger partial charge in [0.2, 0.25) is 0 Å². The lowest BCUT2D eigenvalue weighted by atomic mass is 10.0. The summed E-state index contributed by atoms with van der Waals surface area (Å²) in [6, 6.07) is 6.49. The first kappa shape index (κ1) is 12.7. The van der Waals surface area contributed by atoms with Gasteiger partial charge in [-0.05, 0) is 49.1 Å². The van der Waals surface area contributed by atoms with Gasteiger partial charge in [-0.3, -0.25) is 0 Å². The van der Waals surface area contributed by atoms with Crippen molar-refractivity contribution in [2.24, 2.45) is 5.73 Å². The number of aromatic nitrogens is 2. The smallest absolute Gasteiger partial charge is 0.132 e. The van der Waals surface area contributed by atoms with E-state index in [1.165, 1.54) is 16.7 Å². The van der Waals surface area contributed by atoms with Crippen LogP contribution in [0.4, 0.5) is 0 Å². The third-order valence-electron chi connectivity index (χ3n) is 3.13. The van der Waals surface area contributed by atoms with Gasteiger partial charge in [-0.2, -0.15) is 0 Å². The van der Waals surface area contributed by atoms with Gasteiger partial charge in [-0.1, -0.05) is 18.2 Å². The molecule has 1 aromatic heterocycles. The Bertz CT molecular complexity index is 518. The molecule has 3 nitrogen and oxygen atoms in total. The molecule has 3 heteroatoms. The zero-order valence-electron chi connectivity index (χ0n) is 11.0. The number of hydrogen-bond acceptors (Lipinski definition) is 3. The molecule has 94 valence electrons. The Balaban J connectivity index is 2.10. The minimum Gasteiger partial charge on any atom is -0.330 e. The van der Waals surface area contributed by atoms with Crippen LogP contribution in [0.15, 0.2) is 30.6 Å². The van der Waals surface area contributed by atoms with E-state index in [0.717, 1.165) is 24.2 Å². The fraction of sp³-hybridized carbons (Fsp3) is 0.333. The molecule has 2 aromatic rings. The second kappa shape index (κ2) is 5.74. The topological polar surface area (TPSA) is 51.8 Å². The Morgan fingerprint density at radius 3 is 2.33 bits per heavy atom. The van der Waals surface area contributed by atoms with Crippen LogP contribution in [0.2, 0.25) is 0 Å². The highest BCUT2D eigenvalue weighted by Gasteiger charge is 2.01. The lowest BCUT2D eigenvalue weighted by Gasteiger charge is -2.05. The van der Waals surface area contributed by atoms with Crippen LogP contribution in [-0.2, 0) is 12.8 Å². The van der Waals surface area contributed by atoms with Gasteiger partial charge in [0.15, 0.2) is 0 Å². The summed E-state index contributed by atoms with van der Waals surface area (Å²) < 4.78 is 0. The van der Waals surface area contributed by atoms with Crippen molar-refractivity contribution in [1.82, 2.24) is 9.97 Å². The third-order valence-corrected chi connectivity index (χ3v) is 3.13. The van der Waals surface area contributed by atoms with Crippen molar-refractivity contribution in [2.45, 2.75) is 26.7 Å². The van der Waals surface area contributed by atoms with E-state index < -0.39 is 0 Å². The van der Waals surface area contributed by atoms with Crippen LogP contribution in [0, 0.1) is 13.8 Å². The summed E-state index contributed by atoms with van der Waals surface area (Å²) in [6.07, 6.45) is 5.36. The van der Waals surface area contributed by atoms with Gasteiger partial charge in [-0.15, -0.1) is 0 Å². The number of benzene rings is 1. The highest BCUT2D eigenvalue weighted by atomic mass is 14.9. The summed E-state index contributed by atoms with van der Waals surface area (Å²) >= 11 is 0. The maximum atomic E-state index is 5.50. The van der Waals surface area contributed by atoms with Crippen LogP contribution in [0.1, 0.15) is 28.1 Å². The van der Waals surface area contributed by atoms with Gasteiger partial charge in [0.25, 0.3) is 0 Å². The fourth-order valence-electron chi connectivity index (χ4n) is 1.86. The molecule has 0 saturated carbocycles. The quantitative estimate of drug-likeness (QED) is 0.892. The normalized spacial score (nSPS) is 10.6. The van der Waals surface area contributed by atoms with E-state index in [0.29, 0.717) is 6.54 Å². The van der Waals surface area contributed by atoms with E-state index in [2.05, 4.69) is 42.0 Å². The van der Waals surface area contributed by atoms with Gasteiger partial charge in [0.1, 0.15) is 5.82 Å². The van der Waals surface area contributed by atoms with E-state index in [1.807, 2.05) is 12.4 Å². The first-order valence-corrected chi connectivity index (χ1v) is 6.25. The molecule has 0 amide bonds. The third kappa shape index (κ3) is 3.14. The molecule has 1 heterocycles. The second-order valence-electron chi connectivity index (χ2n) is 4.64. The summed E-state index contributed by atoms with van der Waals surface area (Å²) in [7, 11) is 0. The molecular formula is C15H19N3. The predicted molar refractivity (Wildman–Crippen MR) is 73.5 cm³/mol. The Morgan fingerprint density at radius 2 is 1.72 bits per heavy atom. The molecule has 0 aliphatic carbocycles. The van der Waals surface area contributed by atoms with Crippen molar-refractivity contribution >= 4 is 0 Å². The molecule has 0 atom stereocenters. The van der Waals surface area contributed by atoms with Crippen LogP contribution in [-0.4, -0.2) is 16.5 Å². The van der Waals surface area contributed by atoms with E-state index >= 15 is 0 Å². The number of rotatable bonds is 4. The minimum atomic E-state index is 0.639. The van der Waals surface area contributed by atoms with Crippen molar-refractivity contribution in [3.63, 3.8) is 0 Å². The molecular weight excluding hydrogens is 222 g/mol. The lowest BCUT2D eigenvalue weighted by molar-refractivity contribution is 0.901. The second-order valence-corrected chi connectivity index (χ2v) is 4.64. The SMILES string of the molecule is Cc1ccc(Cc2ncc(CCN)cn2)cc1C. The number of aryl methyl sites for hydroxylation is 2. The first-order chi connectivity index (χ1) is 8.69. The van der Waals surface area contributed by atoms with Gasteiger partial charge >= 0.3 is 0 Å². The monoisotopic (exact) mass is 241 g/mol. The molecule has 2 N–H and O–H groups in total. The average molecular weight is 241 g/mol. The maximum absolute atomic E-state index is 5.50. The highest BCUT2D eigenvalue weighted by molar-refractivity contribution is 5.31. The summed E-state index contributed by atoms with van der Waals surface area (Å²) in [5.41, 5.74) is 10.5. The number of hydrogen-bond donors (Lipinski definition) is 1. The molecule has 18 heavy (non-hydrogen) atoms. The maximum Gasteiger partial charge on any atom is 0.132 e. The highest BCUT2D eigenvalue weighted by Crippen LogP contribution is 2.12. The lowest BCUT2D eigenvalue weighted by Crippen LogP contribution is -2.05. The van der Waals surface area contributed by atoms with Crippen molar-refractivity contribution < 1.29 is 0 Å². The van der Waals surface area contributed by atoms with Gasteiger partial charge < -0.3 is 5.73 Å². The van der Waals surface area contributed by atoms with E-state index in [1.54, 1.807) is 0 Å². The van der Waals surface area contributed by atoms with Gasteiger partial charge in [0, 0.05) is 18.8 Å². The standard InChI is InChI=1S/C15H19N3/c1-11-3-4-13(7-12(11)2)8-15-17-9-14(5-6-16)10-18-15/h3-4,7,9-10H,5-6,8,16H2,1-2H3. The Kier molecular flexibility index (Phi) is 4.05. The van der Waals surface area contributed by atoms with Crippen LogP contribution >= 0.6 is 0 Å². The molecule has 1 aromatic carbocycles. The van der Waals surface area contributed by atoms with Gasteiger partial charge in [0.05, 0.1) is 0 Å². The van der Waals surface area contributed by atoms with E-state index in [9.17, 15) is 0 Å². The fourth-order valence-corrected chi connectivity index (χ4v) is 1.86. The molecule has 0 aliphatic rings. The van der Waals surface area contributed by atoms with Crippen molar-refractivity contribution in [2.75, 3.05) is 6.54 Å². The summed E-state index contributed by atoms with van der Waals surface area (Å²) in [5.74, 6) is 0.860. The Morgan fingerprint density at radius 1 is 1.00 bits per heavy atom. The van der Waals surface area contributed by atoms with Crippen LogP contribution < -0.4 is 5.73 Å². The zero-order chi connectivity index (χ0) is 13.0. The first-order valence-electron chi connectivity index (χ1n) is 6.25. The van der Waals surface area contributed by atoms with Crippen molar-refractivity contribution in [1.29, 1.82) is 0 Å². The van der Waals surface area contributed by atoms with Crippen LogP contribution in [0.5, 0.6) is 0 Å². The zero-order valence-corrected chi connectivity index (χ0v) is 11.0. The molecule has 0 aliphatic heterocycles. The average Bonchev–Trinajstić information content (AvgIpc) is 2.37. The number of nitrogens with zero attached hydrogens (tertiary/aromatic N) is 2. The van der Waals surface area contributed by atoms with Crippen molar-refractivity contribution in [3.05, 3.63) is 58.7 Å². The molecule has 0 unspecified atom stereocenters. The molecule has 0 radical (unpaired) electrons. The summed E-state index contributed by atoms with van der Waals surface area (Å²) in [5, 5.41) is 0. The van der Waals surface area contributed by atoms with Crippen molar-refractivity contribution in [3.8, 4) is 0 Å². The molecule has 0 fully saturated rings. The molecule has 2 rings (SSSR count). The van der Waals surface area contributed by atoms with Crippen LogP contribution in [0.3, 0.4) is 0 Å². The summed E-state index contributed by atoms with van der Waals surface area (Å²) in [4.78, 5) is 8.76. The van der Waals surface area contributed by atoms with E-state index in [-0.39, 0.29) is 0 Å². The Labute approximate surface area is 108 Å². The molecule has 0 saturated heterocycles. The molecule has 0 bridgehead atoms. The predicted octanol–water partition coefficient (Wildman–Crippen LogP) is 2.19. The van der Waals surface area contributed by atoms with Gasteiger partial charge in [-0.25, -0.2) is 9.97 Å². The minimum absolute atomic E-state index is 0.639. The molecule has 0 spiro atoms. The van der Waals surface area contributed by atoms with E-state index in [4.69, 9.17) is 5.73 Å². The number of nitrogens with two attached hydrogens (primary N) is 1. The van der Waals surface area contributed by atoms with Crippen LogP contribution in [0.25, 0.3) is 0 Å². The summed E-state index contributed by atoms with van der Waals surface area (Å²) in [6.45, 7) is 4.89. The Hall–Kier alpha value is -1.74. The largest absolute Gasteiger partial charge is 0.330 e.